The molecule has 128 valence electrons. The number of amides is 3. The molecule has 0 bridgehead atoms. The third kappa shape index (κ3) is 4.03. The molecule has 0 saturated carbocycles. The van der Waals surface area contributed by atoms with Gasteiger partial charge in [-0.1, -0.05) is 6.07 Å². The first-order valence-electron chi connectivity index (χ1n) is 8.12. The highest BCUT2D eigenvalue weighted by Gasteiger charge is 2.21. The fourth-order valence-corrected chi connectivity index (χ4v) is 2.79. The monoisotopic (exact) mass is 337 g/mol. The van der Waals surface area contributed by atoms with E-state index in [2.05, 4.69) is 10.6 Å². The summed E-state index contributed by atoms with van der Waals surface area (Å²) in [4.78, 5) is 37.0. The molecule has 3 amide bonds. The summed E-state index contributed by atoms with van der Waals surface area (Å²) >= 11 is 0. The van der Waals surface area contributed by atoms with Gasteiger partial charge in [0.2, 0.25) is 11.8 Å². The van der Waals surface area contributed by atoms with Crippen molar-refractivity contribution in [1.29, 1.82) is 0 Å². The lowest BCUT2D eigenvalue weighted by Crippen LogP contribution is -2.23. The highest BCUT2D eigenvalue weighted by atomic mass is 16.2. The predicted octanol–water partition coefficient (Wildman–Crippen LogP) is 3.02. The standard InChI is InChI=1S/C19H19N3O3/c1-13(23)20-16-5-2-4-14(12-16)19(25)21-15-7-9-17(10-8-15)22-11-3-6-18(22)24/h2,4-5,7-10,12H,3,6,11H2,1H3,(H,20,23)(H,21,25). The summed E-state index contributed by atoms with van der Waals surface area (Å²) in [7, 11) is 0. The lowest BCUT2D eigenvalue weighted by Gasteiger charge is -2.16. The lowest BCUT2D eigenvalue weighted by molar-refractivity contribution is -0.117. The second-order valence-corrected chi connectivity index (χ2v) is 5.91. The first-order valence-corrected chi connectivity index (χ1v) is 8.12. The van der Waals surface area contributed by atoms with Gasteiger partial charge in [-0.05, 0) is 48.9 Å². The number of anilines is 3. The van der Waals surface area contributed by atoms with Crippen LogP contribution in [0.15, 0.2) is 48.5 Å². The molecule has 1 fully saturated rings. The summed E-state index contributed by atoms with van der Waals surface area (Å²) in [5, 5.41) is 5.46. The molecule has 1 saturated heterocycles. The molecule has 1 aliphatic heterocycles. The Kier molecular flexibility index (Phi) is 4.79. The highest BCUT2D eigenvalue weighted by molar-refractivity contribution is 6.05. The van der Waals surface area contributed by atoms with Crippen LogP contribution in [0.4, 0.5) is 17.1 Å². The third-order valence-corrected chi connectivity index (χ3v) is 3.96. The van der Waals surface area contributed by atoms with E-state index < -0.39 is 0 Å². The first kappa shape index (κ1) is 16.7. The summed E-state index contributed by atoms with van der Waals surface area (Å²) in [6.45, 7) is 2.15. The van der Waals surface area contributed by atoms with E-state index in [4.69, 9.17) is 0 Å². The van der Waals surface area contributed by atoms with Crippen LogP contribution < -0.4 is 15.5 Å². The Morgan fingerprint density at radius 3 is 2.40 bits per heavy atom. The first-order chi connectivity index (χ1) is 12.0. The summed E-state index contributed by atoms with van der Waals surface area (Å²) < 4.78 is 0. The van der Waals surface area contributed by atoms with E-state index in [1.165, 1.54) is 6.92 Å². The maximum Gasteiger partial charge on any atom is 0.255 e. The zero-order chi connectivity index (χ0) is 17.8. The average molecular weight is 337 g/mol. The minimum Gasteiger partial charge on any atom is -0.326 e. The van der Waals surface area contributed by atoms with Crippen LogP contribution in [-0.2, 0) is 9.59 Å². The Bertz CT molecular complexity index is 815. The van der Waals surface area contributed by atoms with Crippen molar-refractivity contribution < 1.29 is 14.4 Å². The summed E-state index contributed by atoms with van der Waals surface area (Å²) in [6.07, 6.45) is 1.46. The molecule has 0 spiro atoms. The van der Waals surface area contributed by atoms with Crippen LogP contribution in [0, 0.1) is 0 Å². The lowest BCUT2D eigenvalue weighted by atomic mass is 10.1. The molecule has 0 atom stereocenters. The maximum absolute atomic E-state index is 12.4. The summed E-state index contributed by atoms with van der Waals surface area (Å²) in [6, 6.07) is 13.9. The van der Waals surface area contributed by atoms with Crippen molar-refractivity contribution in [3.05, 3.63) is 54.1 Å². The number of carbonyl (C=O) groups excluding carboxylic acids is 3. The van der Waals surface area contributed by atoms with Crippen LogP contribution in [0.5, 0.6) is 0 Å². The largest absolute Gasteiger partial charge is 0.326 e. The molecule has 1 aliphatic rings. The summed E-state index contributed by atoms with van der Waals surface area (Å²) in [5.74, 6) is -0.326. The van der Waals surface area contributed by atoms with Crippen molar-refractivity contribution >= 4 is 34.8 Å². The second-order valence-electron chi connectivity index (χ2n) is 5.91. The van der Waals surface area contributed by atoms with Crippen LogP contribution in [-0.4, -0.2) is 24.3 Å². The molecule has 6 nitrogen and oxygen atoms in total. The quantitative estimate of drug-likeness (QED) is 0.900. The number of rotatable bonds is 4. The van der Waals surface area contributed by atoms with Gasteiger partial charge < -0.3 is 15.5 Å². The molecule has 2 aromatic carbocycles. The zero-order valence-corrected chi connectivity index (χ0v) is 13.9. The molecular weight excluding hydrogens is 318 g/mol. The van der Waals surface area contributed by atoms with Gasteiger partial charge in [0.15, 0.2) is 0 Å². The minimum absolute atomic E-state index is 0.131. The van der Waals surface area contributed by atoms with Gasteiger partial charge in [0.25, 0.3) is 5.91 Å². The number of benzene rings is 2. The molecule has 1 heterocycles. The fraction of sp³-hybridized carbons (Fsp3) is 0.211. The van der Waals surface area contributed by atoms with Crippen molar-refractivity contribution in [2.45, 2.75) is 19.8 Å². The summed E-state index contributed by atoms with van der Waals surface area (Å²) in [5.41, 5.74) is 2.51. The molecule has 3 rings (SSSR count). The second kappa shape index (κ2) is 7.17. The Labute approximate surface area is 145 Å². The van der Waals surface area contributed by atoms with Gasteiger partial charge in [0, 0.05) is 42.5 Å². The Morgan fingerprint density at radius 1 is 1.00 bits per heavy atom. The van der Waals surface area contributed by atoms with Gasteiger partial charge in [0.05, 0.1) is 0 Å². The maximum atomic E-state index is 12.4. The van der Waals surface area contributed by atoms with E-state index in [0.717, 1.165) is 18.7 Å². The van der Waals surface area contributed by atoms with E-state index in [9.17, 15) is 14.4 Å². The van der Waals surface area contributed by atoms with E-state index >= 15 is 0 Å². The third-order valence-electron chi connectivity index (χ3n) is 3.96. The highest BCUT2D eigenvalue weighted by Crippen LogP contribution is 2.23. The smallest absolute Gasteiger partial charge is 0.255 e. The number of nitrogens with zero attached hydrogens (tertiary/aromatic N) is 1. The normalized spacial score (nSPS) is 13.6. The molecule has 6 heteroatoms. The molecule has 0 unspecified atom stereocenters. The van der Waals surface area contributed by atoms with Gasteiger partial charge in [-0.3, -0.25) is 14.4 Å². The predicted molar refractivity (Wildman–Crippen MR) is 96.7 cm³/mol. The van der Waals surface area contributed by atoms with E-state index in [1.807, 2.05) is 12.1 Å². The van der Waals surface area contributed by atoms with Crippen molar-refractivity contribution in [2.75, 3.05) is 22.1 Å². The number of hydrogen-bond acceptors (Lipinski definition) is 3. The van der Waals surface area contributed by atoms with Crippen LogP contribution >= 0.6 is 0 Å². The van der Waals surface area contributed by atoms with E-state index in [-0.39, 0.29) is 17.7 Å². The number of hydrogen-bond donors (Lipinski definition) is 2. The van der Waals surface area contributed by atoms with E-state index in [0.29, 0.717) is 23.4 Å². The fourth-order valence-electron chi connectivity index (χ4n) is 2.79. The van der Waals surface area contributed by atoms with Crippen molar-refractivity contribution in [1.82, 2.24) is 0 Å². The van der Waals surface area contributed by atoms with Crippen LogP contribution in [0.3, 0.4) is 0 Å². The molecular formula is C19H19N3O3. The van der Waals surface area contributed by atoms with Crippen LogP contribution in [0.1, 0.15) is 30.1 Å². The Balaban J connectivity index is 1.68. The van der Waals surface area contributed by atoms with Gasteiger partial charge in [-0.2, -0.15) is 0 Å². The topological polar surface area (TPSA) is 78.5 Å². The van der Waals surface area contributed by atoms with Gasteiger partial charge in [-0.25, -0.2) is 0 Å². The van der Waals surface area contributed by atoms with Crippen molar-refractivity contribution in [2.24, 2.45) is 0 Å². The number of carbonyl (C=O) groups is 3. The Hall–Kier alpha value is -3.15. The van der Waals surface area contributed by atoms with Gasteiger partial charge >= 0.3 is 0 Å². The molecule has 2 aromatic rings. The van der Waals surface area contributed by atoms with Crippen LogP contribution in [0.2, 0.25) is 0 Å². The minimum atomic E-state index is -0.266. The van der Waals surface area contributed by atoms with Crippen molar-refractivity contribution in [3.63, 3.8) is 0 Å². The van der Waals surface area contributed by atoms with Crippen molar-refractivity contribution in [3.8, 4) is 0 Å². The number of nitrogens with one attached hydrogen (secondary N) is 2. The molecule has 0 aliphatic carbocycles. The van der Waals surface area contributed by atoms with E-state index in [1.54, 1.807) is 41.3 Å². The van der Waals surface area contributed by atoms with Gasteiger partial charge in [-0.15, -0.1) is 0 Å². The van der Waals surface area contributed by atoms with Crippen LogP contribution in [0.25, 0.3) is 0 Å². The molecule has 2 N–H and O–H groups in total. The molecule has 25 heavy (non-hydrogen) atoms. The average Bonchev–Trinajstić information content (AvgIpc) is 3.01. The van der Waals surface area contributed by atoms with Gasteiger partial charge in [0.1, 0.15) is 0 Å². The molecule has 0 aromatic heterocycles. The SMILES string of the molecule is CC(=O)Nc1cccc(C(=O)Nc2ccc(N3CCCC3=O)cc2)c1. The zero-order valence-electron chi connectivity index (χ0n) is 13.9. The Morgan fingerprint density at radius 2 is 1.76 bits per heavy atom. The molecule has 0 radical (unpaired) electrons.